The van der Waals surface area contributed by atoms with Gasteiger partial charge in [-0.15, -0.1) is 6.58 Å². The fourth-order valence-corrected chi connectivity index (χ4v) is 3.60. The monoisotopic (exact) mass is 395 g/mol. The first kappa shape index (κ1) is 24.0. The minimum atomic E-state index is -1.12. The van der Waals surface area contributed by atoms with Crippen LogP contribution in [0, 0.1) is 11.8 Å². The molecule has 28 heavy (non-hydrogen) atoms. The molecule has 1 rings (SSSR count). The molecule has 1 aliphatic carbocycles. The van der Waals surface area contributed by atoms with E-state index >= 15 is 0 Å². The molecule has 0 aromatic heterocycles. The lowest BCUT2D eigenvalue weighted by atomic mass is 9.67. The van der Waals surface area contributed by atoms with Gasteiger partial charge < -0.3 is 20.7 Å². The number of hydrogen-bond acceptors (Lipinski definition) is 4. The Bertz CT molecular complexity index is 604. The summed E-state index contributed by atoms with van der Waals surface area (Å²) in [6, 6.07) is 0. The number of amides is 3. The van der Waals surface area contributed by atoms with Crippen molar-refractivity contribution >= 4 is 17.9 Å². The van der Waals surface area contributed by atoms with Crippen LogP contribution in [0.1, 0.15) is 67.7 Å². The Balaban J connectivity index is 3.13. The van der Waals surface area contributed by atoms with E-state index in [4.69, 9.17) is 4.74 Å². The summed E-state index contributed by atoms with van der Waals surface area (Å²) in [6.07, 6.45) is 3.25. The van der Waals surface area contributed by atoms with Crippen molar-refractivity contribution in [3.05, 3.63) is 12.7 Å². The molecule has 160 valence electrons. The molecule has 0 aromatic carbocycles. The van der Waals surface area contributed by atoms with Crippen LogP contribution in [0.3, 0.4) is 0 Å². The number of nitrogens with one attached hydrogen (secondary N) is 3. The molecular weight excluding hydrogens is 358 g/mol. The number of rotatable bonds is 5. The lowest BCUT2D eigenvalue weighted by molar-refractivity contribution is -0.138. The molecule has 7 heteroatoms. The second kappa shape index (κ2) is 8.97. The normalized spacial score (nSPS) is 25.4. The van der Waals surface area contributed by atoms with Crippen LogP contribution < -0.4 is 16.0 Å². The molecule has 7 nitrogen and oxygen atoms in total. The van der Waals surface area contributed by atoms with E-state index in [2.05, 4.69) is 22.5 Å². The quantitative estimate of drug-likeness (QED) is 0.624. The first-order chi connectivity index (χ1) is 12.7. The van der Waals surface area contributed by atoms with E-state index < -0.39 is 22.8 Å². The van der Waals surface area contributed by atoms with Crippen LogP contribution in [0.2, 0.25) is 0 Å². The van der Waals surface area contributed by atoms with Gasteiger partial charge >= 0.3 is 6.09 Å². The maximum absolute atomic E-state index is 13.3. The molecule has 0 heterocycles. The van der Waals surface area contributed by atoms with Crippen molar-refractivity contribution < 1.29 is 19.1 Å². The average Bonchev–Trinajstić information content (AvgIpc) is 2.49. The van der Waals surface area contributed by atoms with Gasteiger partial charge in [0.2, 0.25) is 11.8 Å². The third-order valence-corrected chi connectivity index (χ3v) is 4.68. The van der Waals surface area contributed by atoms with Crippen LogP contribution in [-0.4, -0.2) is 41.1 Å². The molecule has 3 N–H and O–H groups in total. The molecule has 0 aromatic rings. The lowest BCUT2D eigenvalue weighted by Crippen LogP contribution is -2.68. The van der Waals surface area contributed by atoms with Gasteiger partial charge in [-0.05, 0) is 66.7 Å². The lowest BCUT2D eigenvalue weighted by Gasteiger charge is -2.46. The maximum atomic E-state index is 13.3. The van der Waals surface area contributed by atoms with E-state index in [0.29, 0.717) is 12.8 Å². The first-order valence-corrected chi connectivity index (χ1v) is 9.89. The summed E-state index contributed by atoms with van der Waals surface area (Å²) in [6.45, 7) is 16.6. The van der Waals surface area contributed by atoms with Crippen molar-refractivity contribution in [2.75, 3.05) is 6.54 Å². The van der Waals surface area contributed by atoms with Gasteiger partial charge in [0, 0.05) is 24.9 Å². The van der Waals surface area contributed by atoms with Crippen molar-refractivity contribution in [2.45, 2.75) is 84.4 Å². The summed E-state index contributed by atoms with van der Waals surface area (Å²) in [4.78, 5) is 37.5. The Morgan fingerprint density at radius 1 is 1.14 bits per heavy atom. The molecule has 1 fully saturated rings. The van der Waals surface area contributed by atoms with Crippen molar-refractivity contribution in [2.24, 2.45) is 11.8 Å². The minimum absolute atomic E-state index is 0.107. The predicted octanol–water partition coefficient (Wildman–Crippen LogP) is 2.90. The standard InChI is InChI=1S/C21H37N3O4/c1-9-15-10-11-16(13-22-18(27)28-20(6,7)8)21(12-15,23-14(2)25)17(26)24-19(3,4)5/h9,15-16H,1,10-13H2,2-8H3,(H,22,27)(H,23,25)(H,24,26). The van der Waals surface area contributed by atoms with Crippen molar-refractivity contribution in [3.63, 3.8) is 0 Å². The first-order valence-electron chi connectivity index (χ1n) is 9.89. The Morgan fingerprint density at radius 3 is 2.21 bits per heavy atom. The highest BCUT2D eigenvalue weighted by Crippen LogP contribution is 2.38. The third-order valence-electron chi connectivity index (χ3n) is 4.68. The molecule has 1 saturated carbocycles. The van der Waals surface area contributed by atoms with Crippen molar-refractivity contribution in [1.82, 2.24) is 16.0 Å². The predicted molar refractivity (Wildman–Crippen MR) is 110 cm³/mol. The van der Waals surface area contributed by atoms with Gasteiger partial charge in [0.25, 0.3) is 0 Å². The summed E-state index contributed by atoms with van der Waals surface area (Å²) >= 11 is 0. The number of carbonyl (C=O) groups is 3. The number of allylic oxidation sites excluding steroid dienone is 1. The highest BCUT2D eigenvalue weighted by molar-refractivity contribution is 5.92. The fourth-order valence-electron chi connectivity index (χ4n) is 3.60. The van der Waals surface area contributed by atoms with Gasteiger partial charge in [-0.2, -0.15) is 0 Å². The van der Waals surface area contributed by atoms with Crippen LogP contribution in [0.25, 0.3) is 0 Å². The Labute approximate surface area is 169 Å². The molecule has 0 radical (unpaired) electrons. The zero-order chi connectivity index (χ0) is 21.8. The highest BCUT2D eigenvalue weighted by Gasteiger charge is 2.50. The largest absolute Gasteiger partial charge is 0.444 e. The van der Waals surface area contributed by atoms with Gasteiger partial charge in [0.1, 0.15) is 11.1 Å². The zero-order valence-corrected chi connectivity index (χ0v) is 18.4. The molecule has 1 aliphatic rings. The molecule has 3 unspecified atom stereocenters. The van der Waals surface area contributed by atoms with E-state index in [9.17, 15) is 14.4 Å². The summed E-state index contributed by atoms with van der Waals surface area (Å²) in [5.74, 6) is -0.674. The maximum Gasteiger partial charge on any atom is 0.407 e. The molecule has 0 bridgehead atoms. The smallest absolute Gasteiger partial charge is 0.407 e. The number of alkyl carbamates (subject to hydrolysis) is 1. The molecule has 3 amide bonds. The van der Waals surface area contributed by atoms with E-state index in [0.717, 1.165) is 6.42 Å². The van der Waals surface area contributed by atoms with Gasteiger partial charge in [-0.3, -0.25) is 9.59 Å². The molecule has 0 spiro atoms. The second-order valence-corrected chi connectivity index (χ2v) is 9.71. The van der Waals surface area contributed by atoms with Gasteiger partial charge in [-0.1, -0.05) is 6.08 Å². The highest BCUT2D eigenvalue weighted by atomic mass is 16.6. The SMILES string of the molecule is C=CC1CCC(CNC(=O)OC(C)(C)C)C(NC(C)=O)(C(=O)NC(C)(C)C)C1. The van der Waals surface area contributed by atoms with Crippen LogP contribution in [-0.2, 0) is 14.3 Å². The van der Waals surface area contributed by atoms with Crippen LogP contribution >= 0.6 is 0 Å². The number of ether oxygens (including phenoxy) is 1. The summed E-state index contributed by atoms with van der Waals surface area (Å²) in [5.41, 5.74) is -2.18. The molecule has 0 saturated heterocycles. The van der Waals surface area contributed by atoms with Crippen LogP contribution in [0.5, 0.6) is 0 Å². The molecule has 3 atom stereocenters. The average molecular weight is 396 g/mol. The Hall–Kier alpha value is -2.05. The zero-order valence-electron chi connectivity index (χ0n) is 18.4. The summed E-state index contributed by atoms with van der Waals surface area (Å²) in [7, 11) is 0. The Kier molecular flexibility index (Phi) is 7.68. The van der Waals surface area contributed by atoms with Crippen molar-refractivity contribution in [3.8, 4) is 0 Å². The van der Waals surface area contributed by atoms with E-state index in [1.807, 2.05) is 26.8 Å². The fraction of sp³-hybridized carbons (Fsp3) is 0.762. The van der Waals surface area contributed by atoms with Gasteiger partial charge in [0.05, 0.1) is 0 Å². The van der Waals surface area contributed by atoms with E-state index in [1.54, 1.807) is 20.8 Å². The third kappa shape index (κ3) is 7.17. The van der Waals surface area contributed by atoms with Crippen LogP contribution in [0.4, 0.5) is 4.79 Å². The Morgan fingerprint density at radius 2 is 1.75 bits per heavy atom. The second-order valence-electron chi connectivity index (χ2n) is 9.71. The summed E-state index contributed by atoms with van der Waals surface area (Å²) < 4.78 is 5.31. The van der Waals surface area contributed by atoms with Crippen molar-refractivity contribution in [1.29, 1.82) is 0 Å². The molecular formula is C21H37N3O4. The number of hydrogen-bond donors (Lipinski definition) is 3. The molecule has 0 aliphatic heterocycles. The van der Waals surface area contributed by atoms with E-state index in [1.165, 1.54) is 6.92 Å². The summed E-state index contributed by atoms with van der Waals surface area (Å²) in [5, 5.41) is 8.69. The van der Waals surface area contributed by atoms with E-state index in [-0.39, 0.29) is 30.2 Å². The number of carbonyl (C=O) groups excluding carboxylic acids is 3. The topological polar surface area (TPSA) is 96.5 Å². The van der Waals surface area contributed by atoms with Gasteiger partial charge in [-0.25, -0.2) is 4.79 Å². The van der Waals surface area contributed by atoms with Crippen LogP contribution in [0.15, 0.2) is 12.7 Å². The minimum Gasteiger partial charge on any atom is -0.444 e. The van der Waals surface area contributed by atoms with Gasteiger partial charge in [0.15, 0.2) is 0 Å².